The van der Waals surface area contributed by atoms with Gasteiger partial charge in [0.05, 0.1) is 10.6 Å². The number of amides is 1. The van der Waals surface area contributed by atoms with Crippen LogP contribution in [0.2, 0.25) is 5.02 Å². The number of rotatable bonds is 2. The fourth-order valence-electron chi connectivity index (χ4n) is 4.14. The first-order valence-electron chi connectivity index (χ1n) is 10.1. The molecule has 0 radical (unpaired) electrons. The van der Waals surface area contributed by atoms with E-state index in [4.69, 9.17) is 11.6 Å². The number of anilines is 1. The summed E-state index contributed by atoms with van der Waals surface area (Å²) in [6.07, 6.45) is 2.94. The van der Waals surface area contributed by atoms with E-state index in [1.54, 1.807) is 0 Å². The first-order chi connectivity index (χ1) is 14.2. The fraction of sp³-hybridized carbons (Fsp3) is 0.333. The molecular weight excluding hydrogens is 414 g/mol. The van der Waals surface area contributed by atoms with Crippen LogP contribution in [-0.2, 0) is 4.79 Å². The summed E-state index contributed by atoms with van der Waals surface area (Å²) >= 11 is 7.98. The number of nitrogens with zero attached hydrogens (tertiary/aromatic N) is 2. The zero-order valence-corrected chi connectivity index (χ0v) is 19.5. The molecule has 0 aliphatic carbocycles. The Hall–Kier alpha value is -2.24. The molecule has 1 fully saturated rings. The Bertz CT molecular complexity index is 1090. The minimum absolute atomic E-state index is 0.0812. The maximum Gasteiger partial charge on any atom is 0.264 e. The van der Waals surface area contributed by atoms with Crippen LogP contribution in [0.25, 0.3) is 6.08 Å². The molecule has 4 nitrogen and oxygen atoms in total. The second kappa shape index (κ2) is 7.78. The number of hydrogen-bond donors (Lipinski definition) is 1. The van der Waals surface area contributed by atoms with Crippen LogP contribution in [0.1, 0.15) is 49.8 Å². The standard InChI is InChI=1S/C24H26ClN3OS/c1-14-8-6-7-9-19(14)26-23-27-22(29)21(30-23)11-16-10-17-15(2)13-24(3,4)28(5)20(17)12-18(16)25/h6-12,15H,13H2,1-5H3,(H,26,27,29)/b21-11-/t15-/m0/s1. The normalized spacial score (nSPS) is 23.1. The van der Waals surface area contributed by atoms with Crippen molar-refractivity contribution < 1.29 is 4.79 Å². The molecule has 0 unspecified atom stereocenters. The Morgan fingerprint density at radius 3 is 2.77 bits per heavy atom. The number of benzene rings is 2. The second-order valence-electron chi connectivity index (χ2n) is 8.68. The minimum atomic E-state index is -0.146. The third-order valence-corrected chi connectivity index (χ3v) is 7.26. The van der Waals surface area contributed by atoms with E-state index in [1.807, 2.05) is 43.3 Å². The van der Waals surface area contributed by atoms with Crippen LogP contribution in [0.4, 0.5) is 11.4 Å². The smallest absolute Gasteiger partial charge is 0.264 e. The van der Waals surface area contributed by atoms with Crippen LogP contribution in [0.3, 0.4) is 0 Å². The van der Waals surface area contributed by atoms with E-state index in [0.29, 0.717) is 21.0 Å². The lowest BCUT2D eigenvalue weighted by molar-refractivity contribution is -0.115. The molecule has 30 heavy (non-hydrogen) atoms. The SMILES string of the molecule is Cc1ccccc1N=C1NC(=O)/C(=C/c2cc3c(cc2Cl)N(C)C(C)(C)C[C@@H]3C)S1. The highest BCUT2D eigenvalue weighted by Crippen LogP contribution is 2.45. The lowest BCUT2D eigenvalue weighted by atomic mass is 9.80. The summed E-state index contributed by atoms with van der Waals surface area (Å²) in [5.74, 6) is 0.274. The number of thioether (sulfide) groups is 1. The van der Waals surface area contributed by atoms with Gasteiger partial charge in [-0.3, -0.25) is 4.79 Å². The molecule has 1 N–H and O–H groups in total. The van der Waals surface area contributed by atoms with Crippen molar-refractivity contribution in [2.24, 2.45) is 4.99 Å². The monoisotopic (exact) mass is 439 g/mol. The van der Waals surface area contributed by atoms with Crippen molar-refractivity contribution in [3.05, 3.63) is 63.0 Å². The first kappa shape index (κ1) is 21.0. The minimum Gasteiger partial charge on any atom is -0.369 e. The number of carbonyl (C=O) groups is 1. The van der Waals surface area contributed by atoms with Gasteiger partial charge >= 0.3 is 0 Å². The van der Waals surface area contributed by atoms with Crippen LogP contribution < -0.4 is 10.2 Å². The van der Waals surface area contributed by atoms with Crippen molar-refractivity contribution in [2.75, 3.05) is 11.9 Å². The predicted octanol–water partition coefficient (Wildman–Crippen LogP) is 6.26. The number of aliphatic imine (C=N–C) groups is 1. The van der Waals surface area contributed by atoms with E-state index < -0.39 is 0 Å². The van der Waals surface area contributed by atoms with Gasteiger partial charge in [0.15, 0.2) is 5.17 Å². The van der Waals surface area contributed by atoms with Gasteiger partial charge < -0.3 is 10.2 Å². The van der Waals surface area contributed by atoms with E-state index in [9.17, 15) is 4.79 Å². The van der Waals surface area contributed by atoms with Gasteiger partial charge in [-0.1, -0.05) is 36.7 Å². The lowest BCUT2D eigenvalue weighted by Gasteiger charge is -2.45. The van der Waals surface area contributed by atoms with E-state index in [0.717, 1.165) is 28.9 Å². The Labute approximate surface area is 187 Å². The first-order valence-corrected chi connectivity index (χ1v) is 11.3. The average Bonchev–Trinajstić information content (AvgIpc) is 3.02. The van der Waals surface area contributed by atoms with E-state index in [1.165, 1.54) is 17.3 Å². The van der Waals surface area contributed by atoms with Gasteiger partial charge in [0.25, 0.3) is 5.91 Å². The number of carbonyl (C=O) groups excluding carboxylic acids is 1. The Kier molecular flexibility index (Phi) is 5.45. The maximum absolute atomic E-state index is 12.5. The number of fused-ring (bicyclic) bond motifs is 1. The van der Waals surface area contributed by atoms with Crippen molar-refractivity contribution in [1.29, 1.82) is 0 Å². The molecule has 2 aromatic rings. The summed E-state index contributed by atoms with van der Waals surface area (Å²) in [6.45, 7) is 8.77. The molecule has 0 saturated carbocycles. The quantitative estimate of drug-likeness (QED) is 0.561. The molecule has 1 saturated heterocycles. The molecule has 2 aliphatic rings. The fourth-order valence-corrected chi connectivity index (χ4v) is 5.17. The largest absolute Gasteiger partial charge is 0.369 e. The van der Waals surface area contributed by atoms with Crippen molar-refractivity contribution in [2.45, 2.75) is 45.6 Å². The third kappa shape index (κ3) is 3.88. The van der Waals surface area contributed by atoms with Crippen molar-refractivity contribution in [3.63, 3.8) is 0 Å². The summed E-state index contributed by atoms with van der Waals surface area (Å²) in [5.41, 5.74) is 5.30. The van der Waals surface area contributed by atoms with Gasteiger partial charge in [-0.05, 0) is 85.8 Å². The van der Waals surface area contributed by atoms with Gasteiger partial charge in [-0.25, -0.2) is 4.99 Å². The maximum atomic E-state index is 12.5. The molecule has 2 aromatic carbocycles. The van der Waals surface area contributed by atoms with E-state index in [-0.39, 0.29) is 11.4 Å². The number of halogens is 1. The summed E-state index contributed by atoms with van der Waals surface area (Å²) in [5, 5.41) is 4.10. The van der Waals surface area contributed by atoms with Gasteiger partial charge in [0.2, 0.25) is 0 Å². The molecule has 0 aromatic heterocycles. The summed E-state index contributed by atoms with van der Waals surface area (Å²) < 4.78 is 0. The lowest BCUT2D eigenvalue weighted by Crippen LogP contribution is -2.45. The van der Waals surface area contributed by atoms with Gasteiger partial charge in [0.1, 0.15) is 0 Å². The molecule has 1 atom stereocenters. The third-order valence-electron chi connectivity index (χ3n) is 6.03. The topological polar surface area (TPSA) is 44.7 Å². The number of nitrogens with one attached hydrogen (secondary N) is 1. The number of para-hydroxylation sites is 1. The molecule has 0 bridgehead atoms. The van der Waals surface area contributed by atoms with E-state index >= 15 is 0 Å². The summed E-state index contributed by atoms with van der Waals surface area (Å²) in [6, 6.07) is 12.0. The highest BCUT2D eigenvalue weighted by molar-refractivity contribution is 8.18. The molecule has 156 valence electrons. The van der Waals surface area contributed by atoms with E-state index in [2.05, 4.69) is 49.1 Å². The molecule has 2 heterocycles. The molecule has 0 spiro atoms. The molecule has 2 aliphatic heterocycles. The molecule has 4 rings (SSSR count). The predicted molar refractivity (Wildman–Crippen MR) is 129 cm³/mol. The zero-order chi connectivity index (χ0) is 21.6. The number of hydrogen-bond acceptors (Lipinski definition) is 4. The van der Waals surface area contributed by atoms with Crippen molar-refractivity contribution in [1.82, 2.24) is 5.32 Å². The average molecular weight is 440 g/mol. The molecule has 1 amide bonds. The highest BCUT2D eigenvalue weighted by Gasteiger charge is 2.34. The van der Waals surface area contributed by atoms with Crippen LogP contribution in [0, 0.1) is 6.92 Å². The summed E-state index contributed by atoms with van der Waals surface area (Å²) in [7, 11) is 2.12. The zero-order valence-electron chi connectivity index (χ0n) is 17.9. The van der Waals surface area contributed by atoms with Crippen LogP contribution >= 0.6 is 23.4 Å². The highest BCUT2D eigenvalue weighted by atomic mass is 35.5. The second-order valence-corrected chi connectivity index (χ2v) is 10.1. The van der Waals surface area contributed by atoms with Gasteiger partial charge in [-0.2, -0.15) is 0 Å². The Morgan fingerprint density at radius 2 is 2.03 bits per heavy atom. The number of aryl methyl sites for hydroxylation is 1. The van der Waals surface area contributed by atoms with Crippen molar-refractivity contribution >= 4 is 51.9 Å². The van der Waals surface area contributed by atoms with Crippen LogP contribution in [0.15, 0.2) is 46.3 Å². The van der Waals surface area contributed by atoms with Crippen LogP contribution in [0.5, 0.6) is 0 Å². The van der Waals surface area contributed by atoms with Crippen LogP contribution in [-0.4, -0.2) is 23.7 Å². The Morgan fingerprint density at radius 1 is 1.30 bits per heavy atom. The van der Waals surface area contributed by atoms with Gasteiger partial charge in [-0.15, -0.1) is 0 Å². The number of amidine groups is 1. The Balaban J connectivity index is 1.67. The van der Waals surface area contributed by atoms with Crippen molar-refractivity contribution in [3.8, 4) is 0 Å². The van der Waals surface area contributed by atoms with Gasteiger partial charge in [0, 0.05) is 23.3 Å². The summed E-state index contributed by atoms with van der Waals surface area (Å²) in [4.78, 5) is 20.0. The molecule has 6 heteroatoms. The molecular formula is C24H26ClN3OS.